The smallest absolute Gasteiger partial charge is 0.200 e. The van der Waals surface area contributed by atoms with Crippen molar-refractivity contribution in [2.75, 3.05) is 0 Å². The molecule has 1 heterocycles. The summed E-state index contributed by atoms with van der Waals surface area (Å²) in [7, 11) is 0. The Morgan fingerprint density at radius 3 is 1.83 bits per heavy atom. The number of hydrogen-bond donors (Lipinski definition) is 0. The number of halogens is 5. The van der Waals surface area contributed by atoms with Crippen molar-refractivity contribution in [3.8, 4) is 33.5 Å². The second kappa shape index (κ2) is 8.80. The fourth-order valence-corrected chi connectivity index (χ4v) is 4.03. The van der Waals surface area contributed by atoms with Crippen LogP contribution >= 0.6 is 0 Å². The molecule has 0 unspecified atom stereocenters. The molecular weight excluding hydrogens is 457 g/mol. The van der Waals surface area contributed by atoms with E-state index in [0.29, 0.717) is 22.0 Å². The molecule has 35 heavy (non-hydrogen) atoms. The average Bonchev–Trinajstić information content (AvgIpc) is 2.90. The highest BCUT2D eigenvalue weighted by atomic mass is 19.2. The molecule has 0 atom stereocenters. The third kappa shape index (κ3) is 3.87. The molecular formula is C29H16F5N. The van der Waals surface area contributed by atoms with Gasteiger partial charge in [-0.2, -0.15) is 0 Å². The Morgan fingerprint density at radius 2 is 1.20 bits per heavy atom. The Morgan fingerprint density at radius 1 is 0.600 bits per heavy atom. The van der Waals surface area contributed by atoms with Gasteiger partial charge < -0.3 is 0 Å². The highest BCUT2D eigenvalue weighted by molar-refractivity contribution is 5.99. The number of benzene rings is 4. The third-order valence-electron chi connectivity index (χ3n) is 5.84. The van der Waals surface area contributed by atoms with E-state index < -0.39 is 34.6 Å². The minimum atomic E-state index is -2.21. The van der Waals surface area contributed by atoms with Crippen LogP contribution < -0.4 is 0 Å². The van der Waals surface area contributed by atoms with Gasteiger partial charge in [-0.3, -0.25) is 0 Å². The van der Waals surface area contributed by atoms with E-state index in [0.717, 1.165) is 16.7 Å². The summed E-state index contributed by atoms with van der Waals surface area (Å²) >= 11 is 0. The summed E-state index contributed by atoms with van der Waals surface area (Å²) in [6.45, 7) is 3.75. The van der Waals surface area contributed by atoms with E-state index in [2.05, 4.69) is 11.6 Å². The van der Waals surface area contributed by atoms with Crippen LogP contribution in [0.1, 0.15) is 5.56 Å². The molecule has 0 amide bonds. The van der Waals surface area contributed by atoms with Crippen LogP contribution in [0, 0.1) is 29.1 Å². The summed E-state index contributed by atoms with van der Waals surface area (Å²) in [6, 6.07) is 23.4. The summed E-state index contributed by atoms with van der Waals surface area (Å²) in [5.74, 6) is -10.1. The van der Waals surface area contributed by atoms with E-state index in [1.54, 1.807) is 42.5 Å². The lowest BCUT2D eigenvalue weighted by Crippen LogP contribution is -2.05. The molecule has 0 aliphatic rings. The molecule has 0 bridgehead atoms. The summed E-state index contributed by atoms with van der Waals surface area (Å²) in [5, 5.41) is 0.661. The van der Waals surface area contributed by atoms with Crippen LogP contribution in [0.3, 0.4) is 0 Å². The number of rotatable bonds is 4. The Hall–Kier alpha value is -4.32. The van der Waals surface area contributed by atoms with Gasteiger partial charge in [-0.05, 0) is 46.0 Å². The molecule has 0 aliphatic heterocycles. The van der Waals surface area contributed by atoms with Crippen LogP contribution in [0.15, 0.2) is 85.4 Å². The lowest BCUT2D eigenvalue weighted by Gasteiger charge is -2.14. The van der Waals surface area contributed by atoms with Crippen LogP contribution in [-0.2, 0) is 0 Å². The maximum absolute atomic E-state index is 14.6. The van der Waals surface area contributed by atoms with Gasteiger partial charge in [0.25, 0.3) is 0 Å². The fourth-order valence-electron chi connectivity index (χ4n) is 4.03. The van der Waals surface area contributed by atoms with Crippen molar-refractivity contribution in [1.82, 2.24) is 4.98 Å². The number of fused-ring (bicyclic) bond motifs is 1. The molecule has 0 spiro atoms. The molecule has 0 fully saturated rings. The molecule has 0 aliphatic carbocycles. The van der Waals surface area contributed by atoms with Gasteiger partial charge >= 0.3 is 0 Å². The molecule has 172 valence electrons. The van der Waals surface area contributed by atoms with Crippen LogP contribution in [-0.4, -0.2) is 4.98 Å². The topological polar surface area (TPSA) is 12.9 Å². The van der Waals surface area contributed by atoms with Gasteiger partial charge in [-0.25, -0.2) is 26.9 Å². The zero-order chi connectivity index (χ0) is 24.7. The lowest BCUT2D eigenvalue weighted by molar-refractivity contribution is 0.381. The van der Waals surface area contributed by atoms with Gasteiger partial charge in [0, 0.05) is 5.39 Å². The Labute approximate surface area is 197 Å². The molecule has 0 N–H and O–H groups in total. The number of hydrogen-bond acceptors (Lipinski definition) is 1. The first-order valence-corrected chi connectivity index (χ1v) is 10.6. The van der Waals surface area contributed by atoms with E-state index in [1.165, 1.54) is 6.07 Å². The van der Waals surface area contributed by atoms with E-state index in [-0.39, 0.29) is 5.69 Å². The van der Waals surface area contributed by atoms with Crippen molar-refractivity contribution in [2.45, 2.75) is 0 Å². The molecule has 0 saturated carbocycles. The largest absolute Gasteiger partial charge is 0.248 e. The second-order valence-electron chi connectivity index (χ2n) is 7.92. The molecule has 1 aromatic heterocycles. The van der Waals surface area contributed by atoms with Gasteiger partial charge in [-0.1, -0.05) is 73.3 Å². The zero-order valence-corrected chi connectivity index (χ0v) is 18.1. The van der Waals surface area contributed by atoms with Crippen LogP contribution in [0.4, 0.5) is 22.0 Å². The summed E-state index contributed by atoms with van der Waals surface area (Å²) in [4.78, 5) is 4.28. The Kier molecular flexibility index (Phi) is 5.65. The minimum absolute atomic E-state index is 0.344. The highest BCUT2D eigenvalue weighted by Crippen LogP contribution is 2.37. The van der Waals surface area contributed by atoms with Crippen molar-refractivity contribution in [3.63, 3.8) is 0 Å². The first kappa shape index (κ1) is 22.5. The maximum atomic E-state index is 14.6. The van der Waals surface area contributed by atoms with Gasteiger partial charge in [0.05, 0.1) is 16.8 Å². The van der Waals surface area contributed by atoms with E-state index in [1.807, 2.05) is 36.4 Å². The number of nitrogens with zero attached hydrogens (tertiary/aromatic N) is 1. The van der Waals surface area contributed by atoms with Crippen molar-refractivity contribution >= 4 is 17.0 Å². The molecule has 0 saturated heterocycles. The SMILES string of the molecule is C=Cc1ccc(-c2ccc3nc(-c4c(F)c(F)c(F)c(F)c4F)cc(-c4ccccc4)c3c2)cc1. The van der Waals surface area contributed by atoms with Gasteiger partial charge in [-0.15, -0.1) is 0 Å². The predicted molar refractivity (Wildman–Crippen MR) is 128 cm³/mol. The molecule has 5 rings (SSSR count). The van der Waals surface area contributed by atoms with Gasteiger partial charge in [0.2, 0.25) is 5.82 Å². The zero-order valence-electron chi connectivity index (χ0n) is 18.1. The molecule has 5 aromatic rings. The van der Waals surface area contributed by atoms with Crippen LogP contribution in [0.25, 0.3) is 50.5 Å². The predicted octanol–water partition coefficient (Wildman–Crippen LogP) is 8.57. The molecule has 4 aromatic carbocycles. The normalized spacial score (nSPS) is 11.1. The first-order valence-electron chi connectivity index (χ1n) is 10.6. The van der Waals surface area contributed by atoms with E-state index in [9.17, 15) is 22.0 Å². The quantitative estimate of drug-likeness (QED) is 0.145. The summed E-state index contributed by atoms with van der Waals surface area (Å²) in [5.41, 5.74) is 2.93. The van der Waals surface area contributed by atoms with Crippen molar-refractivity contribution < 1.29 is 22.0 Å². The number of aromatic nitrogens is 1. The first-order chi connectivity index (χ1) is 16.9. The molecule has 6 heteroatoms. The van der Waals surface area contributed by atoms with Gasteiger partial charge in [0.15, 0.2) is 23.3 Å². The van der Waals surface area contributed by atoms with Crippen LogP contribution in [0.5, 0.6) is 0 Å². The average molecular weight is 473 g/mol. The monoisotopic (exact) mass is 473 g/mol. The molecule has 1 nitrogen and oxygen atoms in total. The van der Waals surface area contributed by atoms with Crippen LogP contribution in [0.2, 0.25) is 0 Å². The van der Waals surface area contributed by atoms with E-state index in [4.69, 9.17) is 0 Å². The summed E-state index contributed by atoms with van der Waals surface area (Å²) in [6.07, 6.45) is 1.74. The number of pyridine rings is 1. The van der Waals surface area contributed by atoms with Crippen molar-refractivity contribution in [1.29, 1.82) is 0 Å². The Bertz CT molecular complexity index is 1560. The Balaban J connectivity index is 1.79. The molecule has 0 radical (unpaired) electrons. The highest BCUT2D eigenvalue weighted by Gasteiger charge is 2.28. The fraction of sp³-hybridized carbons (Fsp3) is 0. The van der Waals surface area contributed by atoms with Gasteiger partial charge in [0.1, 0.15) is 0 Å². The van der Waals surface area contributed by atoms with E-state index >= 15 is 0 Å². The second-order valence-corrected chi connectivity index (χ2v) is 7.92. The summed E-state index contributed by atoms with van der Waals surface area (Å²) < 4.78 is 70.7. The minimum Gasteiger partial charge on any atom is -0.248 e. The maximum Gasteiger partial charge on any atom is 0.200 e. The van der Waals surface area contributed by atoms with Crippen molar-refractivity contribution in [3.05, 3.63) is 120 Å². The van der Waals surface area contributed by atoms with Crippen molar-refractivity contribution in [2.24, 2.45) is 0 Å². The third-order valence-corrected chi connectivity index (χ3v) is 5.84. The lowest BCUT2D eigenvalue weighted by atomic mass is 9.95. The standard InChI is InChI=1S/C29H16F5N/c1-2-16-8-10-17(11-9-16)19-12-13-22-21(14-19)20(18-6-4-3-5-7-18)15-23(35-22)24-25(30)27(32)29(34)28(33)26(24)31/h2-15H,1H2.